The van der Waals surface area contributed by atoms with E-state index < -0.39 is 0 Å². The van der Waals surface area contributed by atoms with E-state index in [1.807, 2.05) is 11.6 Å². The molecule has 0 aliphatic heterocycles. The number of hydrogen-bond donors (Lipinski definition) is 1. The fourth-order valence-electron chi connectivity index (χ4n) is 1.28. The van der Waals surface area contributed by atoms with Gasteiger partial charge in [0, 0.05) is 13.5 Å². The molecule has 1 heterocycles. The van der Waals surface area contributed by atoms with E-state index in [9.17, 15) is 0 Å². The lowest BCUT2D eigenvalue weighted by molar-refractivity contribution is 0.272. The summed E-state index contributed by atoms with van der Waals surface area (Å²) in [5.74, 6) is 0.955. The quantitative estimate of drug-likeness (QED) is 0.810. The van der Waals surface area contributed by atoms with E-state index in [4.69, 9.17) is 16.7 Å². The zero-order valence-electron chi connectivity index (χ0n) is 8.05. The second kappa shape index (κ2) is 4.63. The molecule has 0 amide bonds. The van der Waals surface area contributed by atoms with Crippen LogP contribution in [-0.2, 0) is 20.1 Å². The Morgan fingerprint density at radius 1 is 1.54 bits per heavy atom. The summed E-state index contributed by atoms with van der Waals surface area (Å²) in [4.78, 5) is 4.19. The Morgan fingerprint density at radius 3 is 2.69 bits per heavy atom. The molecule has 0 radical (unpaired) electrons. The molecule has 0 saturated heterocycles. The Hall–Kier alpha value is -0.540. The molecule has 1 aromatic heterocycles. The molecule has 0 atom stereocenters. The van der Waals surface area contributed by atoms with E-state index in [0.29, 0.717) is 10.8 Å². The number of imidazole rings is 1. The van der Waals surface area contributed by atoms with Gasteiger partial charge in [-0.1, -0.05) is 24.9 Å². The first kappa shape index (κ1) is 10.5. The van der Waals surface area contributed by atoms with E-state index in [1.54, 1.807) is 0 Å². The summed E-state index contributed by atoms with van der Waals surface area (Å²) in [6.45, 7) is 2.09. The summed E-state index contributed by atoms with van der Waals surface area (Å²) < 4.78 is 1.87. The van der Waals surface area contributed by atoms with Crippen molar-refractivity contribution in [3.8, 4) is 0 Å². The number of nitrogens with zero attached hydrogens (tertiary/aromatic N) is 2. The summed E-state index contributed by atoms with van der Waals surface area (Å²) in [6, 6.07) is 0. The molecule has 13 heavy (non-hydrogen) atoms. The maximum atomic E-state index is 8.99. The molecule has 1 aromatic rings. The van der Waals surface area contributed by atoms with E-state index in [1.165, 1.54) is 0 Å². The van der Waals surface area contributed by atoms with Crippen LogP contribution in [0.4, 0.5) is 0 Å². The fourth-order valence-corrected chi connectivity index (χ4v) is 1.56. The van der Waals surface area contributed by atoms with Gasteiger partial charge in [0.15, 0.2) is 5.15 Å². The van der Waals surface area contributed by atoms with Crippen LogP contribution >= 0.6 is 11.6 Å². The van der Waals surface area contributed by atoms with Gasteiger partial charge in [-0.15, -0.1) is 0 Å². The molecule has 0 spiro atoms. The first-order valence-electron chi connectivity index (χ1n) is 4.51. The summed E-state index contributed by atoms with van der Waals surface area (Å²) in [5.41, 5.74) is 0.702. The highest BCUT2D eigenvalue weighted by Crippen LogP contribution is 2.17. The molecule has 0 aliphatic rings. The molecule has 3 nitrogen and oxygen atoms in total. The third-order valence-corrected chi connectivity index (χ3v) is 2.46. The van der Waals surface area contributed by atoms with Crippen molar-refractivity contribution >= 4 is 11.6 Å². The van der Waals surface area contributed by atoms with E-state index in [-0.39, 0.29) is 6.61 Å². The van der Waals surface area contributed by atoms with Gasteiger partial charge in [0.2, 0.25) is 0 Å². The lowest BCUT2D eigenvalue weighted by Gasteiger charge is -2.02. The Bertz CT molecular complexity index is 283. The van der Waals surface area contributed by atoms with Gasteiger partial charge in [0.25, 0.3) is 0 Å². The van der Waals surface area contributed by atoms with Crippen LogP contribution in [0.1, 0.15) is 31.3 Å². The minimum atomic E-state index is -0.0472. The Morgan fingerprint density at radius 2 is 2.23 bits per heavy atom. The highest BCUT2D eigenvalue weighted by molar-refractivity contribution is 6.30. The average molecular weight is 203 g/mol. The number of aliphatic hydroxyl groups is 1. The second-order valence-electron chi connectivity index (χ2n) is 3.09. The minimum Gasteiger partial charge on any atom is -0.390 e. The minimum absolute atomic E-state index is 0.0472. The molecule has 0 saturated carbocycles. The lowest BCUT2D eigenvalue weighted by Crippen LogP contribution is -2.01. The fraction of sp³-hybridized carbons (Fsp3) is 0.667. The number of unbranched alkanes of at least 4 members (excludes halogenated alkanes) is 1. The van der Waals surface area contributed by atoms with Gasteiger partial charge in [-0.25, -0.2) is 4.98 Å². The Balaban J connectivity index is 2.83. The van der Waals surface area contributed by atoms with Crippen molar-refractivity contribution in [2.75, 3.05) is 0 Å². The second-order valence-corrected chi connectivity index (χ2v) is 3.44. The van der Waals surface area contributed by atoms with Crippen LogP contribution in [0.15, 0.2) is 0 Å². The van der Waals surface area contributed by atoms with Crippen molar-refractivity contribution in [3.05, 3.63) is 16.7 Å². The molecule has 1 rings (SSSR count). The zero-order chi connectivity index (χ0) is 9.84. The molecule has 0 aliphatic carbocycles. The molecule has 74 valence electrons. The third-order valence-electron chi connectivity index (χ3n) is 2.16. The number of aryl methyl sites for hydroxylation is 1. The predicted octanol–water partition coefficient (Wildman–Crippen LogP) is 1.91. The summed E-state index contributed by atoms with van der Waals surface area (Å²) in [5, 5.41) is 9.42. The number of hydrogen-bond acceptors (Lipinski definition) is 2. The van der Waals surface area contributed by atoms with Crippen LogP contribution in [0.2, 0.25) is 5.15 Å². The number of aliphatic hydroxyl groups excluding tert-OH is 1. The predicted molar refractivity (Wildman–Crippen MR) is 52.8 cm³/mol. The smallest absolute Gasteiger partial charge is 0.152 e. The summed E-state index contributed by atoms with van der Waals surface area (Å²) in [7, 11) is 1.88. The van der Waals surface area contributed by atoms with E-state index in [2.05, 4.69) is 11.9 Å². The maximum Gasteiger partial charge on any atom is 0.152 e. The molecule has 4 heteroatoms. The standard InChI is InChI=1S/C9H15ClN2O/c1-3-4-5-8-11-9(10)7(6-13)12(8)2/h13H,3-6H2,1-2H3. The van der Waals surface area contributed by atoms with Crippen molar-refractivity contribution in [1.82, 2.24) is 9.55 Å². The maximum absolute atomic E-state index is 8.99. The monoisotopic (exact) mass is 202 g/mol. The van der Waals surface area contributed by atoms with E-state index >= 15 is 0 Å². The van der Waals surface area contributed by atoms with Crippen molar-refractivity contribution < 1.29 is 5.11 Å². The molecule has 0 unspecified atom stereocenters. The largest absolute Gasteiger partial charge is 0.390 e. The molecule has 1 N–H and O–H groups in total. The van der Waals surface area contributed by atoms with Gasteiger partial charge in [0.1, 0.15) is 5.82 Å². The Kier molecular flexibility index (Phi) is 3.75. The van der Waals surface area contributed by atoms with Gasteiger partial charge >= 0.3 is 0 Å². The van der Waals surface area contributed by atoms with Gasteiger partial charge in [-0.3, -0.25) is 0 Å². The van der Waals surface area contributed by atoms with Gasteiger partial charge in [0.05, 0.1) is 12.3 Å². The van der Waals surface area contributed by atoms with Crippen LogP contribution in [0.5, 0.6) is 0 Å². The van der Waals surface area contributed by atoms with E-state index in [0.717, 1.165) is 25.1 Å². The highest BCUT2D eigenvalue weighted by Gasteiger charge is 2.10. The highest BCUT2D eigenvalue weighted by atomic mass is 35.5. The van der Waals surface area contributed by atoms with Crippen molar-refractivity contribution in [3.63, 3.8) is 0 Å². The normalized spacial score (nSPS) is 10.8. The molecule has 0 aromatic carbocycles. The third kappa shape index (κ3) is 2.23. The van der Waals surface area contributed by atoms with Crippen LogP contribution in [-0.4, -0.2) is 14.7 Å². The number of halogens is 1. The molecular weight excluding hydrogens is 188 g/mol. The van der Waals surface area contributed by atoms with Crippen molar-refractivity contribution in [2.24, 2.45) is 7.05 Å². The van der Waals surface area contributed by atoms with Crippen LogP contribution in [0.3, 0.4) is 0 Å². The topological polar surface area (TPSA) is 38.1 Å². The molecule has 0 fully saturated rings. The Labute approximate surface area is 83.4 Å². The summed E-state index contributed by atoms with van der Waals surface area (Å²) in [6.07, 6.45) is 3.16. The number of rotatable bonds is 4. The van der Waals surface area contributed by atoms with Crippen LogP contribution < -0.4 is 0 Å². The van der Waals surface area contributed by atoms with Crippen LogP contribution in [0.25, 0.3) is 0 Å². The van der Waals surface area contributed by atoms with Gasteiger partial charge in [-0.05, 0) is 6.42 Å². The SMILES string of the molecule is CCCCc1nc(Cl)c(CO)n1C. The van der Waals surface area contributed by atoms with Gasteiger partial charge < -0.3 is 9.67 Å². The van der Waals surface area contributed by atoms with Crippen molar-refractivity contribution in [1.29, 1.82) is 0 Å². The first-order valence-corrected chi connectivity index (χ1v) is 4.89. The lowest BCUT2D eigenvalue weighted by atomic mass is 10.2. The zero-order valence-corrected chi connectivity index (χ0v) is 8.80. The van der Waals surface area contributed by atoms with Gasteiger partial charge in [-0.2, -0.15) is 0 Å². The van der Waals surface area contributed by atoms with Crippen LogP contribution in [0, 0.1) is 0 Å². The van der Waals surface area contributed by atoms with Crippen molar-refractivity contribution in [2.45, 2.75) is 32.8 Å². The molecular formula is C9H15ClN2O. The summed E-state index contributed by atoms with van der Waals surface area (Å²) >= 11 is 5.84. The first-order chi connectivity index (χ1) is 6.20. The number of aromatic nitrogens is 2. The molecule has 0 bridgehead atoms. The average Bonchev–Trinajstić information content (AvgIpc) is 2.38.